The number of carbonyl (C=O) groups excluding carboxylic acids is 1. The molecule has 7 heteroatoms. The van der Waals surface area contributed by atoms with Gasteiger partial charge in [-0.15, -0.1) is 0 Å². The highest BCUT2D eigenvalue weighted by Crippen LogP contribution is 2.34. The molecule has 2 N–H and O–H groups in total. The van der Waals surface area contributed by atoms with E-state index in [-0.39, 0.29) is 23.0 Å². The number of hydrogen-bond acceptors (Lipinski definition) is 4. The van der Waals surface area contributed by atoms with E-state index in [2.05, 4.69) is 0 Å². The zero-order valence-electron chi connectivity index (χ0n) is 16.6. The number of methoxy groups -OCH3 is 1. The third kappa shape index (κ3) is 5.76. The molecule has 152 valence electrons. The van der Waals surface area contributed by atoms with E-state index in [1.807, 2.05) is 30.3 Å². The molecule has 0 saturated carbocycles. The summed E-state index contributed by atoms with van der Waals surface area (Å²) in [5.74, 6) is -0.590. The number of benzene rings is 2. The highest BCUT2D eigenvalue weighted by Gasteiger charge is 2.24. The van der Waals surface area contributed by atoms with Crippen LogP contribution in [0.1, 0.15) is 31.9 Å². The first-order valence-corrected chi connectivity index (χ1v) is 9.32. The van der Waals surface area contributed by atoms with Gasteiger partial charge in [0, 0.05) is 6.54 Å². The van der Waals surface area contributed by atoms with Crippen molar-refractivity contribution in [2.75, 3.05) is 19.4 Å². The average molecular weight is 409 g/mol. The number of halogens is 2. The molecule has 5 nitrogen and oxygen atoms in total. The van der Waals surface area contributed by atoms with Crippen LogP contribution < -0.4 is 10.5 Å². The van der Waals surface area contributed by atoms with Crippen LogP contribution in [0.2, 0.25) is 5.02 Å². The third-order valence-corrected chi connectivity index (χ3v) is 4.44. The standard InChI is InChI=1S/C21H26ClFN2O3/c1-21(2,3)28-20(26)25(11-10-14-8-6-5-7-9-14)13-15-12-16(27-4)19(24)18(23)17(15)22/h5-9,12H,10-11,13,24H2,1-4H3. The zero-order chi connectivity index (χ0) is 20.9. The molecule has 0 spiro atoms. The Morgan fingerprint density at radius 3 is 2.46 bits per heavy atom. The van der Waals surface area contributed by atoms with Crippen molar-refractivity contribution in [3.05, 3.63) is 58.4 Å². The van der Waals surface area contributed by atoms with E-state index in [1.165, 1.54) is 12.0 Å². The number of amides is 1. The van der Waals surface area contributed by atoms with Gasteiger partial charge in [-0.25, -0.2) is 9.18 Å². The van der Waals surface area contributed by atoms with Crippen molar-refractivity contribution in [3.8, 4) is 5.75 Å². The lowest BCUT2D eigenvalue weighted by Crippen LogP contribution is -2.37. The number of ether oxygens (including phenoxy) is 2. The van der Waals surface area contributed by atoms with Crippen LogP contribution in [-0.4, -0.2) is 30.2 Å². The summed E-state index contributed by atoms with van der Waals surface area (Å²) in [6.45, 7) is 5.81. The second-order valence-electron chi connectivity index (χ2n) is 7.42. The molecule has 2 aromatic carbocycles. The molecule has 2 aromatic rings. The van der Waals surface area contributed by atoms with Crippen molar-refractivity contribution in [2.45, 2.75) is 39.3 Å². The summed E-state index contributed by atoms with van der Waals surface area (Å²) in [6, 6.07) is 11.3. The Morgan fingerprint density at radius 2 is 1.89 bits per heavy atom. The Labute approximate surface area is 170 Å². The number of hydrogen-bond donors (Lipinski definition) is 1. The fourth-order valence-corrected chi connectivity index (χ4v) is 2.84. The Bertz CT molecular complexity index is 823. The average Bonchev–Trinajstić information content (AvgIpc) is 2.64. The maximum atomic E-state index is 14.3. The lowest BCUT2D eigenvalue weighted by molar-refractivity contribution is 0.0235. The van der Waals surface area contributed by atoms with Gasteiger partial charge in [-0.05, 0) is 44.4 Å². The minimum atomic E-state index is -0.761. The number of rotatable bonds is 6. The topological polar surface area (TPSA) is 64.8 Å². The van der Waals surface area contributed by atoms with Crippen LogP contribution in [0.5, 0.6) is 5.75 Å². The number of anilines is 1. The molecule has 0 fully saturated rings. The maximum absolute atomic E-state index is 14.3. The Morgan fingerprint density at radius 1 is 1.25 bits per heavy atom. The fourth-order valence-electron chi connectivity index (χ4n) is 2.63. The van der Waals surface area contributed by atoms with Gasteiger partial charge in [-0.3, -0.25) is 0 Å². The van der Waals surface area contributed by atoms with Crippen molar-refractivity contribution in [3.63, 3.8) is 0 Å². The number of nitrogen functional groups attached to an aromatic ring is 1. The molecule has 0 atom stereocenters. The number of nitrogens with two attached hydrogens (primary N) is 1. The fraction of sp³-hybridized carbons (Fsp3) is 0.381. The molecule has 0 radical (unpaired) electrons. The molecule has 0 bridgehead atoms. The van der Waals surface area contributed by atoms with Gasteiger partial charge in [0.25, 0.3) is 0 Å². The highest BCUT2D eigenvalue weighted by atomic mass is 35.5. The summed E-state index contributed by atoms with van der Waals surface area (Å²) in [6.07, 6.45) is 0.113. The molecule has 0 heterocycles. The van der Waals surface area contributed by atoms with Crippen molar-refractivity contribution >= 4 is 23.4 Å². The molecule has 0 saturated heterocycles. The maximum Gasteiger partial charge on any atom is 0.410 e. The lowest BCUT2D eigenvalue weighted by Gasteiger charge is -2.28. The van der Waals surface area contributed by atoms with Crippen LogP contribution in [-0.2, 0) is 17.7 Å². The Balaban J connectivity index is 2.28. The lowest BCUT2D eigenvalue weighted by atomic mass is 10.1. The van der Waals surface area contributed by atoms with E-state index in [9.17, 15) is 9.18 Å². The van der Waals surface area contributed by atoms with E-state index in [1.54, 1.807) is 26.8 Å². The molecule has 0 unspecified atom stereocenters. The summed E-state index contributed by atoms with van der Waals surface area (Å²) in [5.41, 5.74) is 6.33. The third-order valence-electron chi connectivity index (χ3n) is 4.03. The van der Waals surface area contributed by atoms with E-state index < -0.39 is 17.5 Å². The molecular formula is C21H26ClFN2O3. The van der Waals surface area contributed by atoms with E-state index in [0.717, 1.165) is 5.56 Å². The first kappa shape index (κ1) is 21.8. The van der Waals surface area contributed by atoms with E-state index in [4.69, 9.17) is 26.8 Å². The van der Waals surface area contributed by atoms with Crippen molar-refractivity contribution in [1.29, 1.82) is 0 Å². The second kappa shape index (κ2) is 9.15. The number of nitrogens with zero attached hydrogens (tertiary/aromatic N) is 1. The minimum Gasteiger partial charge on any atom is -0.494 e. The summed E-state index contributed by atoms with van der Waals surface area (Å²) < 4.78 is 25.0. The van der Waals surface area contributed by atoms with Gasteiger partial charge < -0.3 is 20.1 Å². The molecular weight excluding hydrogens is 383 g/mol. The van der Waals surface area contributed by atoms with E-state index >= 15 is 0 Å². The smallest absolute Gasteiger partial charge is 0.410 e. The largest absolute Gasteiger partial charge is 0.494 e. The van der Waals surface area contributed by atoms with Crippen LogP contribution in [0, 0.1) is 5.82 Å². The predicted molar refractivity (Wildman–Crippen MR) is 109 cm³/mol. The van der Waals surface area contributed by atoms with E-state index in [0.29, 0.717) is 18.5 Å². The molecule has 0 aliphatic heterocycles. The van der Waals surface area contributed by atoms with Gasteiger partial charge in [-0.1, -0.05) is 41.9 Å². The van der Waals surface area contributed by atoms with Crippen LogP contribution >= 0.6 is 11.6 Å². The van der Waals surface area contributed by atoms with Gasteiger partial charge in [0.2, 0.25) is 0 Å². The molecule has 1 amide bonds. The molecule has 0 aromatic heterocycles. The summed E-state index contributed by atoms with van der Waals surface area (Å²) in [4.78, 5) is 14.2. The summed E-state index contributed by atoms with van der Waals surface area (Å²) >= 11 is 6.14. The monoisotopic (exact) mass is 408 g/mol. The number of carbonyl (C=O) groups is 1. The molecule has 28 heavy (non-hydrogen) atoms. The van der Waals surface area contributed by atoms with Crippen molar-refractivity contribution in [1.82, 2.24) is 4.90 Å². The summed E-state index contributed by atoms with van der Waals surface area (Å²) in [5, 5.41) is -0.133. The highest BCUT2D eigenvalue weighted by molar-refractivity contribution is 6.31. The Kier molecular flexibility index (Phi) is 7.13. The predicted octanol–water partition coefficient (Wildman–Crippen LogP) is 5.05. The minimum absolute atomic E-state index is 0.0636. The molecule has 2 rings (SSSR count). The second-order valence-corrected chi connectivity index (χ2v) is 7.80. The normalized spacial score (nSPS) is 11.2. The van der Waals surface area contributed by atoms with Crippen molar-refractivity contribution in [2.24, 2.45) is 0 Å². The van der Waals surface area contributed by atoms with Crippen LogP contribution in [0.25, 0.3) is 0 Å². The molecule has 0 aliphatic rings. The van der Waals surface area contributed by atoms with Crippen molar-refractivity contribution < 1.29 is 18.7 Å². The van der Waals surface area contributed by atoms with Gasteiger partial charge >= 0.3 is 6.09 Å². The molecule has 0 aliphatic carbocycles. The van der Waals surface area contributed by atoms with Gasteiger partial charge in [0.15, 0.2) is 5.82 Å². The first-order valence-electron chi connectivity index (χ1n) is 8.94. The van der Waals surface area contributed by atoms with Gasteiger partial charge in [0.05, 0.1) is 18.7 Å². The summed E-state index contributed by atoms with van der Waals surface area (Å²) in [7, 11) is 1.39. The first-order chi connectivity index (χ1) is 13.1. The van der Waals surface area contributed by atoms with Crippen LogP contribution in [0.4, 0.5) is 14.9 Å². The van der Waals surface area contributed by atoms with Gasteiger partial charge in [0.1, 0.15) is 17.0 Å². The SMILES string of the molecule is COc1cc(CN(CCc2ccccc2)C(=O)OC(C)(C)C)c(Cl)c(F)c1N. The van der Waals surface area contributed by atoms with Gasteiger partial charge in [-0.2, -0.15) is 0 Å². The zero-order valence-corrected chi connectivity index (χ0v) is 17.3. The quantitative estimate of drug-likeness (QED) is 0.679. The Hall–Kier alpha value is -2.47. The van der Waals surface area contributed by atoms with Crippen LogP contribution in [0.3, 0.4) is 0 Å². The van der Waals surface area contributed by atoms with Crippen LogP contribution in [0.15, 0.2) is 36.4 Å².